The van der Waals surface area contributed by atoms with Gasteiger partial charge in [0.2, 0.25) is 0 Å². The van der Waals surface area contributed by atoms with Gasteiger partial charge in [-0.1, -0.05) is 37.3 Å². The van der Waals surface area contributed by atoms with Crippen molar-refractivity contribution < 1.29 is 8.42 Å². The van der Waals surface area contributed by atoms with Gasteiger partial charge in [-0.05, 0) is 18.4 Å². The number of benzene rings is 1. The lowest BCUT2D eigenvalue weighted by molar-refractivity contribution is 0.419. The number of sulfone groups is 1. The molecule has 3 N–H and O–H groups in total. The first kappa shape index (κ1) is 15.1. The van der Waals surface area contributed by atoms with Gasteiger partial charge in [-0.3, -0.25) is 11.3 Å². The topological polar surface area (TPSA) is 72.2 Å². The Balaban J connectivity index is 2.78. The van der Waals surface area contributed by atoms with Crippen LogP contribution in [0.4, 0.5) is 0 Å². The fourth-order valence-corrected chi connectivity index (χ4v) is 2.88. The Hall–Kier alpha value is -0.910. The molecular formula is C13H22N2O2S. The van der Waals surface area contributed by atoms with Crippen molar-refractivity contribution in [2.75, 3.05) is 12.0 Å². The van der Waals surface area contributed by atoms with Gasteiger partial charge in [-0.15, -0.1) is 0 Å². The largest absolute Gasteiger partial charge is 0.271 e. The minimum atomic E-state index is -2.95. The summed E-state index contributed by atoms with van der Waals surface area (Å²) in [7, 11) is -2.95. The lowest BCUT2D eigenvalue weighted by Crippen LogP contribution is -2.40. The van der Waals surface area contributed by atoms with E-state index in [-0.39, 0.29) is 17.7 Å². The van der Waals surface area contributed by atoms with Gasteiger partial charge >= 0.3 is 0 Å². The zero-order chi connectivity index (χ0) is 13.6. The van der Waals surface area contributed by atoms with Crippen molar-refractivity contribution in [3.05, 3.63) is 35.9 Å². The van der Waals surface area contributed by atoms with Crippen LogP contribution in [0, 0.1) is 0 Å². The second kappa shape index (κ2) is 6.87. The summed E-state index contributed by atoms with van der Waals surface area (Å²) in [5, 5.41) is 0. The van der Waals surface area contributed by atoms with Crippen LogP contribution in [0.25, 0.3) is 0 Å². The van der Waals surface area contributed by atoms with E-state index in [1.54, 1.807) is 0 Å². The normalized spacial score (nSPS) is 15.3. The highest BCUT2D eigenvalue weighted by Gasteiger charge is 2.21. The van der Waals surface area contributed by atoms with Crippen molar-refractivity contribution in [1.29, 1.82) is 0 Å². The molecule has 0 spiro atoms. The molecule has 2 atom stereocenters. The van der Waals surface area contributed by atoms with Crippen molar-refractivity contribution >= 4 is 9.84 Å². The van der Waals surface area contributed by atoms with Gasteiger partial charge in [0.15, 0.2) is 0 Å². The summed E-state index contributed by atoms with van der Waals surface area (Å²) in [6.45, 7) is 2.09. The number of hydrazine groups is 1. The highest BCUT2D eigenvalue weighted by atomic mass is 32.2. The SMILES string of the molecule is CCC(c1ccccc1)C(CCS(C)(=O)=O)NN. The minimum Gasteiger partial charge on any atom is -0.271 e. The Labute approximate surface area is 109 Å². The molecule has 18 heavy (non-hydrogen) atoms. The molecule has 1 aromatic carbocycles. The molecule has 0 bridgehead atoms. The quantitative estimate of drug-likeness (QED) is 0.581. The van der Waals surface area contributed by atoms with Crippen molar-refractivity contribution in [1.82, 2.24) is 5.43 Å². The third kappa shape index (κ3) is 4.76. The Morgan fingerprint density at radius 2 is 1.89 bits per heavy atom. The van der Waals surface area contributed by atoms with Gasteiger partial charge in [0, 0.05) is 18.2 Å². The summed E-state index contributed by atoms with van der Waals surface area (Å²) >= 11 is 0. The number of hydrogen-bond acceptors (Lipinski definition) is 4. The second-order valence-electron chi connectivity index (χ2n) is 4.62. The van der Waals surface area contributed by atoms with Crippen LogP contribution in [0.3, 0.4) is 0 Å². The first-order valence-electron chi connectivity index (χ1n) is 6.16. The maximum atomic E-state index is 11.2. The fraction of sp³-hybridized carbons (Fsp3) is 0.538. The molecule has 0 aromatic heterocycles. The molecule has 5 heteroatoms. The maximum absolute atomic E-state index is 11.2. The predicted octanol–water partition coefficient (Wildman–Crippen LogP) is 1.45. The van der Waals surface area contributed by atoms with Crippen LogP contribution in [0.5, 0.6) is 0 Å². The number of rotatable bonds is 7. The van der Waals surface area contributed by atoms with E-state index in [2.05, 4.69) is 24.5 Å². The van der Waals surface area contributed by atoms with Crippen molar-refractivity contribution in [2.24, 2.45) is 5.84 Å². The number of nitrogens with one attached hydrogen (secondary N) is 1. The molecular weight excluding hydrogens is 248 g/mol. The van der Waals surface area contributed by atoms with Crippen LogP contribution in [0.2, 0.25) is 0 Å². The lowest BCUT2D eigenvalue weighted by atomic mass is 9.88. The predicted molar refractivity (Wildman–Crippen MR) is 74.9 cm³/mol. The smallest absolute Gasteiger partial charge is 0.147 e. The molecule has 0 radical (unpaired) electrons. The minimum absolute atomic E-state index is 0.0212. The molecule has 102 valence electrons. The van der Waals surface area contributed by atoms with E-state index in [1.165, 1.54) is 11.8 Å². The third-order valence-corrected chi connectivity index (χ3v) is 4.14. The molecule has 0 amide bonds. The van der Waals surface area contributed by atoms with Crippen LogP contribution in [0.15, 0.2) is 30.3 Å². The first-order chi connectivity index (χ1) is 8.48. The summed E-state index contributed by atoms with van der Waals surface area (Å²) in [6, 6.07) is 10.0. The average molecular weight is 270 g/mol. The highest BCUT2D eigenvalue weighted by Crippen LogP contribution is 2.24. The number of hydrogen-bond donors (Lipinski definition) is 2. The van der Waals surface area contributed by atoms with Crippen LogP contribution in [-0.4, -0.2) is 26.5 Å². The Bertz CT molecular complexity index is 445. The lowest BCUT2D eigenvalue weighted by Gasteiger charge is -2.25. The van der Waals surface area contributed by atoms with Crippen LogP contribution < -0.4 is 11.3 Å². The van der Waals surface area contributed by atoms with Crippen molar-refractivity contribution in [3.63, 3.8) is 0 Å². The molecule has 1 aromatic rings. The van der Waals surface area contributed by atoms with Gasteiger partial charge in [-0.2, -0.15) is 0 Å². The summed E-state index contributed by atoms with van der Waals surface area (Å²) in [5.41, 5.74) is 3.95. The Kier molecular flexibility index (Phi) is 5.78. The van der Waals surface area contributed by atoms with Crippen LogP contribution in [-0.2, 0) is 9.84 Å². The standard InChI is InChI=1S/C13H22N2O2S/c1-3-12(11-7-5-4-6-8-11)13(15-14)9-10-18(2,16)17/h4-8,12-13,15H,3,9-10,14H2,1-2H3. The molecule has 4 nitrogen and oxygen atoms in total. The number of nitrogens with two attached hydrogens (primary N) is 1. The molecule has 0 saturated heterocycles. The fourth-order valence-electron chi connectivity index (χ4n) is 2.19. The van der Waals surface area contributed by atoms with Crippen LogP contribution in [0.1, 0.15) is 31.2 Å². The summed E-state index contributed by atoms with van der Waals surface area (Å²) < 4.78 is 22.5. The van der Waals surface area contributed by atoms with E-state index >= 15 is 0 Å². The van der Waals surface area contributed by atoms with E-state index in [9.17, 15) is 8.42 Å². The monoisotopic (exact) mass is 270 g/mol. The molecule has 0 aliphatic rings. The molecule has 0 heterocycles. The van der Waals surface area contributed by atoms with Gasteiger partial charge in [0.05, 0.1) is 5.75 Å². The van der Waals surface area contributed by atoms with E-state index in [0.717, 1.165) is 6.42 Å². The molecule has 2 unspecified atom stereocenters. The molecule has 0 fully saturated rings. The van der Waals surface area contributed by atoms with Gasteiger partial charge < -0.3 is 0 Å². The zero-order valence-electron chi connectivity index (χ0n) is 11.0. The average Bonchev–Trinajstić information content (AvgIpc) is 2.34. The van der Waals surface area contributed by atoms with Gasteiger partial charge in [0.25, 0.3) is 0 Å². The third-order valence-electron chi connectivity index (χ3n) is 3.17. The van der Waals surface area contributed by atoms with Crippen molar-refractivity contribution in [3.8, 4) is 0 Å². The van der Waals surface area contributed by atoms with E-state index in [4.69, 9.17) is 5.84 Å². The Morgan fingerprint density at radius 1 is 1.28 bits per heavy atom. The highest BCUT2D eigenvalue weighted by molar-refractivity contribution is 7.90. The van der Waals surface area contributed by atoms with Crippen LogP contribution >= 0.6 is 0 Å². The van der Waals surface area contributed by atoms with E-state index < -0.39 is 9.84 Å². The van der Waals surface area contributed by atoms with E-state index in [1.807, 2.05) is 18.2 Å². The van der Waals surface area contributed by atoms with Crippen molar-refractivity contribution in [2.45, 2.75) is 31.7 Å². The Morgan fingerprint density at radius 3 is 2.33 bits per heavy atom. The van der Waals surface area contributed by atoms with Gasteiger partial charge in [0.1, 0.15) is 9.84 Å². The van der Waals surface area contributed by atoms with Gasteiger partial charge in [-0.25, -0.2) is 8.42 Å². The zero-order valence-corrected chi connectivity index (χ0v) is 11.8. The first-order valence-corrected chi connectivity index (χ1v) is 8.22. The summed E-state index contributed by atoms with van der Waals surface area (Å²) in [6.07, 6.45) is 2.70. The molecule has 0 saturated carbocycles. The van der Waals surface area contributed by atoms with E-state index in [0.29, 0.717) is 6.42 Å². The molecule has 1 rings (SSSR count). The summed E-state index contributed by atoms with van der Waals surface area (Å²) in [5.74, 6) is 5.96. The molecule has 0 aliphatic carbocycles. The molecule has 0 aliphatic heterocycles. The maximum Gasteiger partial charge on any atom is 0.147 e. The second-order valence-corrected chi connectivity index (χ2v) is 6.88. The summed E-state index contributed by atoms with van der Waals surface area (Å²) in [4.78, 5) is 0.